The van der Waals surface area contributed by atoms with Gasteiger partial charge in [0.15, 0.2) is 0 Å². The Bertz CT molecular complexity index is 1830. The minimum atomic E-state index is -0.642. The first kappa shape index (κ1) is 29.4. The number of aryl methyl sites for hydroxylation is 1. The third-order valence-corrected chi connectivity index (χ3v) is 7.98. The molecule has 4 heterocycles. The van der Waals surface area contributed by atoms with Crippen LogP contribution in [0.25, 0.3) is 27.7 Å². The molecule has 11 heteroatoms. The van der Waals surface area contributed by atoms with Gasteiger partial charge in [-0.25, -0.2) is 14.0 Å². The standard InChI is InChI=1S/C33H36FN5O5/c1-18(2)28-29(19(3)10-11-35-28)39-23-14-20(26-22(34)8-7-9-24(26)40)15-25-27(23)30(36-31(39)41)38-13-12-37(16-21(38)17-43-25)32(42)44-33(4,5)6/h7-11,14-15,18,21,40H,12-13,16-17H2,1-6H3/t21-/m1/s1. The number of benzene rings is 2. The zero-order valence-corrected chi connectivity index (χ0v) is 25.7. The maximum atomic E-state index is 15.2. The van der Waals surface area contributed by atoms with Crippen molar-refractivity contribution in [3.05, 3.63) is 70.2 Å². The topological polar surface area (TPSA) is 110 Å². The van der Waals surface area contributed by atoms with Crippen LogP contribution in [0.15, 0.2) is 47.4 Å². The van der Waals surface area contributed by atoms with Crippen LogP contribution in [-0.4, -0.2) is 68.5 Å². The summed E-state index contributed by atoms with van der Waals surface area (Å²) in [7, 11) is 0. The summed E-state index contributed by atoms with van der Waals surface area (Å²) in [5.41, 5.74) is 1.75. The van der Waals surface area contributed by atoms with Gasteiger partial charge in [-0.1, -0.05) is 19.9 Å². The number of phenols is 1. The summed E-state index contributed by atoms with van der Waals surface area (Å²) in [6.07, 6.45) is 1.29. The second kappa shape index (κ2) is 10.8. The fourth-order valence-electron chi connectivity index (χ4n) is 6.02. The summed E-state index contributed by atoms with van der Waals surface area (Å²) >= 11 is 0. The van der Waals surface area contributed by atoms with Gasteiger partial charge in [-0.2, -0.15) is 4.98 Å². The van der Waals surface area contributed by atoms with Gasteiger partial charge in [0.05, 0.1) is 33.9 Å². The van der Waals surface area contributed by atoms with E-state index in [1.807, 2.05) is 52.5 Å². The molecule has 1 atom stereocenters. The van der Waals surface area contributed by atoms with Crippen LogP contribution in [0.3, 0.4) is 0 Å². The molecule has 2 aromatic heterocycles. The molecule has 1 saturated heterocycles. The molecular weight excluding hydrogens is 565 g/mol. The highest BCUT2D eigenvalue weighted by atomic mass is 19.1. The van der Waals surface area contributed by atoms with E-state index in [1.54, 1.807) is 23.2 Å². The predicted molar refractivity (Wildman–Crippen MR) is 165 cm³/mol. The molecule has 1 N–H and O–H groups in total. The molecular formula is C33H36FN5O5. The van der Waals surface area contributed by atoms with Gasteiger partial charge in [0, 0.05) is 25.8 Å². The van der Waals surface area contributed by atoms with Crippen molar-refractivity contribution in [3.63, 3.8) is 0 Å². The highest BCUT2D eigenvalue weighted by Crippen LogP contribution is 2.43. The zero-order chi connectivity index (χ0) is 31.5. The van der Waals surface area contributed by atoms with Crippen LogP contribution in [0.1, 0.15) is 51.8 Å². The van der Waals surface area contributed by atoms with Gasteiger partial charge in [-0.3, -0.25) is 9.55 Å². The van der Waals surface area contributed by atoms with Crippen molar-refractivity contribution in [1.29, 1.82) is 0 Å². The molecule has 10 nitrogen and oxygen atoms in total. The third-order valence-electron chi connectivity index (χ3n) is 7.98. The molecule has 4 aromatic rings. The number of carbonyl (C=O) groups excluding carboxylic acids is 1. The number of anilines is 1. The van der Waals surface area contributed by atoms with E-state index in [2.05, 4.69) is 9.97 Å². The molecule has 1 fully saturated rings. The van der Waals surface area contributed by atoms with Crippen molar-refractivity contribution in [3.8, 4) is 28.3 Å². The number of rotatable bonds is 3. The van der Waals surface area contributed by atoms with Gasteiger partial charge in [0.25, 0.3) is 0 Å². The molecule has 2 aliphatic rings. The van der Waals surface area contributed by atoms with Gasteiger partial charge in [-0.05, 0) is 75.1 Å². The summed E-state index contributed by atoms with van der Waals surface area (Å²) in [5, 5.41) is 11.3. The number of piperazine rings is 1. The molecule has 0 unspecified atom stereocenters. The van der Waals surface area contributed by atoms with Gasteiger partial charge in [0.1, 0.15) is 35.3 Å². The zero-order valence-electron chi connectivity index (χ0n) is 25.7. The van der Waals surface area contributed by atoms with Crippen molar-refractivity contribution >= 4 is 22.8 Å². The summed E-state index contributed by atoms with van der Waals surface area (Å²) in [6.45, 7) is 12.6. The number of fused-ring (bicyclic) bond motifs is 2. The van der Waals surface area contributed by atoms with E-state index < -0.39 is 23.2 Å². The van der Waals surface area contributed by atoms with Gasteiger partial charge in [0.2, 0.25) is 0 Å². The van der Waals surface area contributed by atoms with Gasteiger partial charge >= 0.3 is 11.8 Å². The van der Waals surface area contributed by atoms with Crippen LogP contribution < -0.4 is 15.3 Å². The van der Waals surface area contributed by atoms with E-state index in [9.17, 15) is 14.7 Å². The van der Waals surface area contributed by atoms with Crippen LogP contribution in [0.5, 0.6) is 11.5 Å². The van der Waals surface area contributed by atoms with E-state index in [4.69, 9.17) is 9.47 Å². The van der Waals surface area contributed by atoms with Crippen LogP contribution in [0.2, 0.25) is 0 Å². The quantitative estimate of drug-likeness (QED) is 0.326. The minimum Gasteiger partial charge on any atom is -0.507 e. The van der Waals surface area contributed by atoms with Crippen molar-refractivity contribution in [1.82, 2.24) is 19.4 Å². The Morgan fingerprint density at radius 1 is 1.18 bits per heavy atom. The number of carbonyl (C=O) groups is 1. The summed E-state index contributed by atoms with van der Waals surface area (Å²) < 4.78 is 28.7. The lowest BCUT2D eigenvalue weighted by Gasteiger charge is -2.41. The molecule has 2 aliphatic heterocycles. The molecule has 0 saturated carbocycles. The maximum absolute atomic E-state index is 15.2. The minimum absolute atomic E-state index is 0.00308. The third kappa shape index (κ3) is 5.10. The highest BCUT2D eigenvalue weighted by Gasteiger charge is 2.37. The number of phenolic OH excluding ortho intramolecular Hbond substituents is 1. The molecule has 0 radical (unpaired) electrons. The Morgan fingerprint density at radius 2 is 1.95 bits per heavy atom. The van der Waals surface area contributed by atoms with E-state index in [1.165, 1.54) is 22.8 Å². The summed E-state index contributed by atoms with van der Waals surface area (Å²) in [5.74, 6) is -0.0396. The van der Waals surface area contributed by atoms with Gasteiger partial charge < -0.3 is 24.4 Å². The number of halogens is 1. The van der Waals surface area contributed by atoms with Crippen molar-refractivity contribution < 1.29 is 23.8 Å². The fourth-order valence-corrected chi connectivity index (χ4v) is 6.02. The van der Waals surface area contributed by atoms with Crippen LogP contribution in [-0.2, 0) is 4.74 Å². The lowest BCUT2D eigenvalue weighted by atomic mass is 10.00. The first-order chi connectivity index (χ1) is 20.8. The Labute approximate surface area is 254 Å². The second-order valence-corrected chi connectivity index (χ2v) is 12.7. The number of hydrogen-bond donors (Lipinski definition) is 1. The smallest absolute Gasteiger partial charge is 0.410 e. The van der Waals surface area contributed by atoms with E-state index in [0.717, 1.165) is 5.56 Å². The number of aromatic hydroxyl groups is 1. The molecule has 6 rings (SSSR count). The molecule has 44 heavy (non-hydrogen) atoms. The predicted octanol–water partition coefficient (Wildman–Crippen LogP) is 5.54. The normalized spacial score (nSPS) is 16.5. The number of amides is 1. The first-order valence-corrected chi connectivity index (χ1v) is 14.8. The van der Waals surface area contributed by atoms with Crippen molar-refractivity contribution in [2.45, 2.75) is 59.1 Å². The van der Waals surface area contributed by atoms with E-state index >= 15 is 4.39 Å². The molecule has 2 aromatic carbocycles. The monoisotopic (exact) mass is 601 g/mol. The summed E-state index contributed by atoms with van der Waals surface area (Å²) in [4.78, 5) is 39.9. The van der Waals surface area contributed by atoms with Crippen molar-refractivity contribution in [2.75, 3.05) is 31.1 Å². The number of nitrogens with zero attached hydrogens (tertiary/aromatic N) is 5. The summed E-state index contributed by atoms with van der Waals surface area (Å²) in [6, 6.07) is 9.00. The Balaban J connectivity index is 1.59. The average Bonchev–Trinajstić information content (AvgIpc) is 3.09. The fraction of sp³-hybridized carbons (Fsp3) is 0.394. The van der Waals surface area contributed by atoms with Crippen LogP contribution in [0, 0.1) is 12.7 Å². The lowest BCUT2D eigenvalue weighted by Crippen LogP contribution is -2.57. The lowest BCUT2D eigenvalue weighted by molar-refractivity contribution is 0.0202. The average molecular weight is 602 g/mol. The van der Waals surface area contributed by atoms with E-state index in [0.29, 0.717) is 59.0 Å². The van der Waals surface area contributed by atoms with Gasteiger partial charge in [-0.15, -0.1) is 0 Å². The van der Waals surface area contributed by atoms with Crippen LogP contribution in [0.4, 0.5) is 15.0 Å². The Kier molecular flexibility index (Phi) is 7.22. The SMILES string of the molecule is Cc1ccnc(C(C)C)c1-n1c(=O)nc2c3c(cc(-c4c(O)cccc4F)cc31)OC[C@H]1CN(C(=O)OC(C)(C)C)CCN21. The molecule has 0 aliphatic carbocycles. The highest BCUT2D eigenvalue weighted by molar-refractivity contribution is 6.00. The number of hydrogen-bond acceptors (Lipinski definition) is 8. The molecule has 230 valence electrons. The Hall–Kier alpha value is -4.67. The maximum Gasteiger partial charge on any atom is 0.410 e. The number of ether oxygens (including phenoxy) is 2. The number of aromatic nitrogens is 3. The Morgan fingerprint density at radius 3 is 2.66 bits per heavy atom. The second-order valence-electron chi connectivity index (χ2n) is 12.7. The molecule has 1 amide bonds. The molecule has 0 bridgehead atoms. The van der Waals surface area contributed by atoms with Crippen molar-refractivity contribution in [2.24, 2.45) is 0 Å². The largest absolute Gasteiger partial charge is 0.507 e. The van der Waals surface area contributed by atoms with Crippen LogP contribution >= 0.6 is 0 Å². The number of pyridine rings is 1. The first-order valence-electron chi connectivity index (χ1n) is 14.8. The van der Waals surface area contributed by atoms with E-state index in [-0.39, 0.29) is 29.9 Å². The molecule has 0 spiro atoms.